The van der Waals surface area contributed by atoms with Crippen molar-refractivity contribution >= 4 is 5.91 Å². The molecule has 2 fully saturated rings. The number of rotatable bonds is 5. The minimum atomic E-state index is -4.40. The summed E-state index contributed by atoms with van der Waals surface area (Å²) in [4.78, 5) is 34.1. The average molecular weight is 492 g/mol. The van der Waals surface area contributed by atoms with Crippen LogP contribution in [0, 0.1) is 11.8 Å². The lowest BCUT2D eigenvalue weighted by atomic mass is 9.88. The first-order valence-electron chi connectivity index (χ1n) is 11.7. The monoisotopic (exact) mass is 492 g/mol. The highest BCUT2D eigenvalue weighted by Crippen LogP contribution is 2.50. The van der Waals surface area contributed by atoms with Crippen molar-refractivity contribution in [3.8, 4) is 11.1 Å². The molecule has 5 heterocycles. The predicted octanol–water partition coefficient (Wildman–Crippen LogP) is 1.69. The molecule has 0 spiro atoms. The van der Waals surface area contributed by atoms with Crippen LogP contribution in [0.2, 0.25) is 0 Å². The molecule has 2 aromatic rings. The van der Waals surface area contributed by atoms with Crippen LogP contribution in [0.3, 0.4) is 0 Å². The molecule has 0 aromatic carbocycles. The number of hydrogen-bond acceptors (Lipinski definition) is 6. The number of aromatic nitrogens is 2. The molecule has 4 atom stereocenters. The summed E-state index contributed by atoms with van der Waals surface area (Å²) >= 11 is 0. The van der Waals surface area contributed by atoms with E-state index in [0.29, 0.717) is 43.1 Å². The van der Waals surface area contributed by atoms with Gasteiger partial charge in [0.25, 0.3) is 5.56 Å². The fourth-order valence-corrected chi connectivity index (χ4v) is 5.81. The molecule has 0 aliphatic carbocycles. The Morgan fingerprint density at radius 2 is 1.97 bits per heavy atom. The Bertz CT molecular complexity index is 1130. The van der Waals surface area contributed by atoms with Gasteiger partial charge < -0.3 is 19.3 Å². The number of morpholine rings is 1. The van der Waals surface area contributed by atoms with Gasteiger partial charge in [-0.15, -0.1) is 0 Å². The van der Waals surface area contributed by atoms with E-state index >= 15 is 0 Å². The summed E-state index contributed by atoms with van der Waals surface area (Å²) in [5.74, 6) is -1.24. The van der Waals surface area contributed by atoms with Crippen LogP contribution in [0.25, 0.3) is 11.1 Å². The van der Waals surface area contributed by atoms with E-state index in [4.69, 9.17) is 4.74 Å². The second kappa shape index (κ2) is 9.36. The molecule has 0 radical (unpaired) electrons. The van der Waals surface area contributed by atoms with E-state index in [9.17, 15) is 27.9 Å². The van der Waals surface area contributed by atoms with Gasteiger partial charge in [-0.3, -0.25) is 19.5 Å². The van der Waals surface area contributed by atoms with Crippen molar-refractivity contribution in [3.05, 3.63) is 52.7 Å². The van der Waals surface area contributed by atoms with E-state index in [1.54, 1.807) is 51.0 Å². The third-order valence-electron chi connectivity index (χ3n) is 7.39. The summed E-state index contributed by atoms with van der Waals surface area (Å²) in [5, 5.41) is 10.3. The van der Waals surface area contributed by atoms with Gasteiger partial charge in [0.2, 0.25) is 5.91 Å². The van der Waals surface area contributed by atoms with Gasteiger partial charge in [0, 0.05) is 73.8 Å². The Hall–Kier alpha value is -2.76. The number of aliphatic hydroxyl groups is 1. The minimum absolute atomic E-state index is 0.230. The minimum Gasteiger partial charge on any atom is -0.396 e. The zero-order valence-corrected chi connectivity index (χ0v) is 19.0. The first kappa shape index (κ1) is 24.0. The van der Waals surface area contributed by atoms with E-state index < -0.39 is 30.6 Å². The zero-order valence-electron chi connectivity index (χ0n) is 19.0. The molecule has 3 aliphatic heterocycles. The van der Waals surface area contributed by atoms with E-state index in [2.05, 4.69) is 4.98 Å². The fourth-order valence-electron chi connectivity index (χ4n) is 5.81. The second-order valence-corrected chi connectivity index (χ2v) is 9.27. The third kappa shape index (κ3) is 4.36. The summed E-state index contributed by atoms with van der Waals surface area (Å²) < 4.78 is 46.7. The molecule has 0 unspecified atom stereocenters. The number of halogens is 3. The van der Waals surface area contributed by atoms with E-state index in [-0.39, 0.29) is 37.1 Å². The Labute approximate surface area is 199 Å². The van der Waals surface area contributed by atoms with Crippen LogP contribution < -0.4 is 5.56 Å². The predicted molar refractivity (Wildman–Crippen MR) is 119 cm³/mol. The van der Waals surface area contributed by atoms with E-state index in [0.717, 1.165) is 0 Å². The molecule has 1 N–H and O–H groups in total. The van der Waals surface area contributed by atoms with Crippen molar-refractivity contribution in [2.45, 2.75) is 31.2 Å². The van der Waals surface area contributed by atoms with Crippen molar-refractivity contribution < 1.29 is 27.8 Å². The number of pyridine rings is 2. The number of carbonyl (C=O) groups is 1. The summed E-state index contributed by atoms with van der Waals surface area (Å²) in [7, 11) is 0. The molecular formula is C24H27F3N4O4. The normalized spacial score (nSPS) is 26.6. The molecule has 8 nitrogen and oxygen atoms in total. The number of aliphatic hydroxyl groups excluding tert-OH is 1. The topological polar surface area (TPSA) is 87.9 Å². The van der Waals surface area contributed by atoms with Crippen molar-refractivity contribution in [1.29, 1.82) is 0 Å². The molecular weight excluding hydrogens is 465 g/mol. The van der Waals surface area contributed by atoms with Gasteiger partial charge in [-0.1, -0.05) is 6.07 Å². The number of ether oxygens (including phenoxy) is 1. The quantitative estimate of drug-likeness (QED) is 0.684. The molecule has 3 aliphatic rings. The van der Waals surface area contributed by atoms with Crippen LogP contribution >= 0.6 is 0 Å². The summed E-state index contributed by atoms with van der Waals surface area (Å²) in [6, 6.07) is 5.46. The SMILES string of the molecule is O=C([C@@H]1[C@@H](CO)[C@@H]2Cn3c(ccc(-c4cccnc4)c3=O)[C@@H]2N1CCC(F)(F)F)N1CCOCC1. The van der Waals surface area contributed by atoms with E-state index in [1.807, 2.05) is 0 Å². The van der Waals surface area contributed by atoms with E-state index in [1.165, 1.54) is 0 Å². The number of carbonyl (C=O) groups excluding carboxylic acids is 1. The van der Waals surface area contributed by atoms with Crippen molar-refractivity contribution in [2.75, 3.05) is 39.5 Å². The maximum atomic E-state index is 13.5. The first-order chi connectivity index (χ1) is 16.8. The van der Waals surface area contributed by atoms with Crippen LogP contribution in [0.5, 0.6) is 0 Å². The van der Waals surface area contributed by atoms with Gasteiger partial charge in [0.05, 0.1) is 31.7 Å². The summed E-state index contributed by atoms with van der Waals surface area (Å²) in [6.07, 6.45) is -2.29. The van der Waals surface area contributed by atoms with Crippen LogP contribution in [0.4, 0.5) is 13.2 Å². The van der Waals surface area contributed by atoms with Crippen LogP contribution in [0.15, 0.2) is 41.5 Å². The molecule has 11 heteroatoms. The molecule has 2 aromatic heterocycles. The number of likely N-dealkylation sites (tertiary alicyclic amines) is 1. The molecule has 2 saturated heterocycles. The standard InChI is InChI=1S/C24H27F3N4O4/c25-24(26,27)5-7-30-20-17(18(14-32)21(30)23(34)29-8-10-35-11-9-29)13-31-19(20)4-3-16(22(31)33)15-2-1-6-28-12-15/h1-4,6,12,17-18,20-21,32H,5,7-11,13-14H2/t17-,18-,20+,21-/m0/s1. The maximum Gasteiger partial charge on any atom is 0.390 e. The van der Waals surface area contributed by atoms with Crippen LogP contribution in [-0.4, -0.2) is 82.0 Å². The van der Waals surface area contributed by atoms with Crippen LogP contribution in [-0.2, 0) is 16.1 Å². The van der Waals surface area contributed by atoms with Crippen LogP contribution in [0.1, 0.15) is 18.2 Å². The maximum absolute atomic E-state index is 13.5. The Kier molecular flexibility index (Phi) is 6.41. The van der Waals surface area contributed by atoms with Gasteiger partial charge in [-0.25, -0.2) is 0 Å². The lowest BCUT2D eigenvalue weighted by Gasteiger charge is -2.36. The van der Waals surface area contributed by atoms with Crippen molar-refractivity contribution in [3.63, 3.8) is 0 Å². The molecule has 1 amide bonds. The third-order valence-corrected chi connectivity index (χ3v) is 7.39. The van der Waals surface area contributed by atoms with Crippen molar-refractivity contribution in [2.24, 2.45) is 11.8 Å². The Balaban J connectivity index is 1.54. The molecule has 0 saturated carbocycles. The summed E-state index contributed by atoms with van der Waals surface area (Å²) in [6.45, 7) is 0.942. The average Bonchev–Trinajstić information content (AvgIpc) is 3.38. The highest BCUT2D eigenvalue weighted by Gasteiger charge is 2.56. The van der Waals surface area contributed by atoms with Gasteiger partial charge in [-0.05, 0) is 18.2 Å². The number of amides is 1. The second-order valence-electron chi connectivity index (χ2n) is 9.27. The molecule has 0 bridgehead atoms. The smallest absolute Gasteiger partial charge is 0.390 e. The number of nitrogens with zero attached hydrogens (tertiary/aromatic N) is 4. The Morgan fingerprint density at radius 3 is 2.63 bits per heavy atom. The number of hydrogen-bond donors (Lipinski definition) is 1. The fraction of sp³-hybridized carbons (Fsp3) is 0.542. The number of alkyl halides is 3. The Morgan fingerprint density at radius 1 is 1.20 bits per heavy atom. The highest BCUT2D eigenvalue weighted by atomic mass is 19.4. The lowest BCUT2D eigenvalue weighted by Crippen LogP contribution is -2.53. The number of fused-ring (bicyclic) bond motifs is 3. The zero-order chi connectivity index (χ0) is 24.7. The largest absolute Gasteiger partial charge is 0.396 e. The van der Waals surface area contributed by atoms with Gasteiger partial charge in [0.15, 0.2) is 0 Å². The van der Waals surface area contributed by atoms with Crippen molar-refractivity contribution in [1.82, 2.24) is 19.4 Å². The molecule has 5 rings (SSSR count). The highest BCUT2D eigenvalue weighted by molar-refractivity contribution is 5.83. The van der Waals surface area contributed by atoms with Gasteiger partial charge in [-0.2, -0.15) is 13.2 Å². The lowest BCUT2D eigenvalue weighted by molar-refractivity contribution is -0.149. The van der Waals surface area contributed by atoms with Gasteiger partial charge in [0.1, 0.15) is 0 Å². The molecule has 188 valence electrons. The first-order valence-corrected chi connectivity index (χ1v) is 11.7. The molecule has 35 heavy (non-hydrogen) atoms. The van der Waals surface area contributed by atoms with Gasteiger partial charge >= 0.3 is 6.18 Å². The summed E-state index contributed by atoms with van der Waals surface area (Å²) in [5.41, 5.74) is 1.42.